The van der Waals surface area contributed by atoms with Crippen LogP contribution in [0.15, 0.2) is 18.2 Å². The molecule has 3 saturated heterocycles. The molecule has 3 heterocycles. The predicted molar refractivity (Wildman–Crippen MR) is 99.1 cm³/mol. The Kier molecular flexibility index (Phi) is 4.29. The maximum atomic E-state index is 14.7. The number of hydrogen-bond donors (Lipinski definition) is 3. The third kappa shape index (κ3) is 2.48. The third-order valence-corrected chi connectivity index (χ3v) is 8.53. The molecular formula is C19H26F2N4S. The number of benzene rings is 1. The summed E-state index contributed by atoms with van der Waals surface area (Å²) in [4.78, 5) is 2.49. The van der Waals surface area contributed by atoms with Gasteiger partial charge < -0.3 is 5.32 Å². The molecule has 0 amide bonds. The van der Waals surface area contributed by atoms with Crippen molar-refractivity contribution in [3.63, 3.8) is 0 Å². The molecule has 0 radical (unpaired) electrons. The molecule has 26 heavy (non-hydrogen) atoms. The first kappa shape index (κ1) is 17.4. The Morgan fingerprint density at radius 1 is 1.12 bits per heavy atom. The van der Waals surface area contributed by atoms with Crippen LogP contribution in [-0.2, 0) is 0 Å². The fourth-order valence-corrected chi connectivity index (χ4v) is 7.83. The van der Waals surface area contributed by atoms with Crippen LogP contribution in [0.3, 0.4) is 0 Å². The molecule has 1 saturated carbocycles. The zero-order valence-electron chi connectivity index (χ0n) is 15.1. The van der Waals surface area contributed by atoms with Crippen molar-refractivity contribution in [2.45, 2.75) is 68.1 Å². The van der Waals surface area contributed by atoms with Gasteiger partial charge in [0.15, 0.2) is 0 Å². The minimum Gasteiger partial charge on any atom is -0.304 e. The first-order valence-electron chi connectivity index (χ1n) is 9.70. The Labute approximate surface area is 157 Å². The van der Waals surface area contributed by atoms with E-state index in [1.807, 2.05) is 11.8 Å². The molecule has 4 nitrogen and oxygen atoms in total. The highest BCUT2D eigenvalue weighted by atomic mass is 32.2. The highest BCUT2D eigenvalue weighted by Crippen LogP contribution is 2.58. The zero-order chi connectivity index (χ0) is 18.0. The number of halogens is 2. The lowest BCUT2D eigenvalue weighted by Crippen LogP contribution is -2.51. The van der Waals surface area contributed by atoms with Gasteiger partial charge in [0, 0.05) is 28.8 Å². The van der Waals surface area contributed by atoms with Crippen LogP contribution >= 0.6 is 11.8 Å². The van der Waals surface area contributed by atoms with Crippen molar-refractivity contribution in [2.24, 2.45) is 11.8 Å². The molecule has 4 aliphatic rings. The SMILES string of the molecule is CC1NNC2[C@H](C)NC(c3c(F)cccc3F)C3C4CCCC4SC3N12. The van der Waals surface area contributed by atoms with Gasteiger partial charge in [-0.3, -0.25) is 4.90 Å². The van der Waals surface area contributed by atoms with Crippen LogP contribution in [0.1, 0.15) is 44.7 Å². The van der Waals surface area contributed by atoms with E-state index in [0.717, 1.165) is 6.42 Å². The summed E-state index contributed by atoms with van der Waals surface area (Å²) in [6.45, 7) is 4.27. The van der Waals surface area contributed by atoms with E-state index in [1.54, 1.807) is 0 Å². The van der Waals surface area contributed by atoms with Crippen molar-refractivity contribution >= 4 is 11.8 Å². The lowest BCUT2D eigenvalue weighted by atomic mass is 9.81. The first-order chi connectivity index (χ1) is 12.6. The van der Waals surface area contributed by atoms with Gasteiger partial charge in [-0.2, -0.15) is 0 Å². The van der Waals surface area contributed by atoms with E-state index < -0.39 is 11.6 Å². The summed E-state index contributed by atoms with van der Waals surface area (Å²) in [5, 5.41) is 4.48. The Balaban J connectivity index is 1.62. The number of hydrogen-bond acceptors (Lipinski definition) is 5. The second kappa shape index (κ2) is 6.41. The third-order valence-electron chi connectivity index (χ3n) is 6.76. The normalized spacial score (nSPS) is 45.2. The average molecular weight is 381 g/mol. The smallest absolute Gasteiger partial charge is 0.130 e. The minimum absolute atomic E-state index is 0.0718. The zero-order valence-corrected chi connectivity index (χ0v) is 15.9. The topological polar surface area (TPSA) is 39.3 Å². The van der Waals surface area contributed by atoms with E-state index in [-0.39, 0.29) is 41.3 Å². The van der Waals surface area contributed by atoms with Crippen molar-refractivity contribution < 1.29 is 8.78 Å². The number of thioether (sulfide) groups is 1. The summed E-state index contributed by atoms with van der Waals surface area (Å²) in [7, 11) is 0. The van der Waals surface area contributed by atoms with Crippen molar-refractivity contribution in [3.05, 3.63) is 35.4 Å². The van der Waals surface area contributed by atoms with Crippen LogP contribution in [0.25, 0.3) is 0 Å². The van der Waals surface area contributed by atoms with Gasteiger partial charge >= 0.3 is 0 Å². The van der Waals surface area contributed by atoms with Crippen LogP contribution in [0, 0.1) is 23.5 Å². The van der Waals surface area contributed by atoms with E-state index in [4.69, 9.17) is 0 Å². The summed E-state index contributed by atoms with van der Waals surface area (Å²) in [5.74, 6) is -0.141. The first-order valence-corrected chi connectivity index (χ1v) is 10.6. The molecule has 0 aromatic heterocycles. The average Bonchev–Trinajstić information content (AvgIpc) is 3.25. The Morgan fingerprint density at radius 2 is 1.88 bits per heavy atom. The second-order valence-corrected chi connectivity index (χ2v) is 9.52. The Morgan fingerprint density at radius 3 is 2.65 bits per heavy atom. The number of rotatable bonds is 1. The lowest BCUT2D eigenvalue weighted by Gasteiger charge is -2.35. The van der Waals surface area contributed by atoms with Crippen LogP contribution in [0.4, 0.5) is 8.78 Å². The Bertz CT molecular complexity index is 684. The molecule has 1 aromatic rings. The number of hydrazine groups is 1. The van der Waals surface area contributed by atoms with Crippen molar-refractivity contribution in [1.29, 1.82) is 0 Å². The number of fused-ring (bicyclic) bond motifs is 5. The largest absolute Gasteiger partial charge is 0.304 e. The molecule has 4 fully saturated rings. The summed E-state index contributed by atoms with van der Waals surface area (Å²) in [6, 6.07) is 4.02. The van der Waals surface area contributed by atoms with Gasteiger partial charge in [-0.05, 0) is 44.7 Å². The molecule has 0 spiro atoms. The van der Waals surface area contributed by atoms with Gasteiger partial charge in [0.1, 0.15) is 11.6 Å². The van der Waals surface area contributed by atoms with Gasteiger partial charge in [0.2, 0.25) is 0 Å². The second-order valence-electron chi connectivity index (χ2n) is 8.16. The summed E-state index contributed by atoms with van der Waals surface area (Å²) in [6.07, 6.45) is 3.92. The lowest BCUT2D eigenvalue weighted by molar-refractivity contribution is 0.131. The van der Waals surface area contributed by atoms with E-state index >= 15 is 0 Å². The van der Waals surface area contributed by atoms with Crippen molar-refractivity contribution in [1.82, 2.24) is 21.1 Å². The molecule has 7 unspecified atom stereocenters. The molecule has 3 aliphatic heterocycles. The molecule has 5 rings (SSSR count). The maximum Gasteiger partial charge on any atom is 0.130 e. The van der Waals surface area contributed by atoms with E-state index in [1.165, 1.54) is 31.0 Å². The monoisotopic (exact) mass is 380 g/mol. The van der Waals surface area contributed by atoms with E-state index in [9.17, 15) is 8.78 Å². The number of nitrogens with zero attached hydrogens (tertiary/aromatic N) is 1. The highest BCUT2D eigenvalue weighted by Gasteiger charge is 2.57. The molecule has 7 heteroatoms. The van der Waals surface area contributed by atoms with Gasteiger partial charge in [-0.25, -0.2) is 19.6 Å². The van der Waals surface area contributed by atoms with Gasteiger partial charge in [-0.15, -0.1) is 11.8 Å². The minimum atomic E-state index is -0.430. The van der Waals surface area contributed by atoms with E-state index in [0.29, 0.717) is 11.2 Å². The van der Waals surface area contributed by atoms with Gasteiger partial charge in [0.25, 0.3) is 0 Å². The highest BCUT2D eigenvalue weighted by molar-refractivity contribution is 8.00. The van der Waals surface area contributed by atoms with Crippen molar-refractivity contribution in [2.75, 3.05) is 0 Å². The molecule has 3 N–H and O–H groups in total. The van der Waals surface area contributed by atoms with E-state index in [2.05, 4.69) is 34.9 Å². The summed E-state index contributed by atoms with van der Waals surface area (Å²) < 4.78 is 29.5. The molecule has 0 bridgehead atoms. The standard InChI is InChI=1S/C19H26F2N4S/c1-9-18-24-23-10(2)25(18)19-15(11-5-3-8-14(11)26-19)17(22-9)16-12(20)6-4-7-13(16)21/h4,6-7,9-11,14-15,17-19,22-24H,3,5,8H2,1-2H3/t9-,10?,11?,14?,15?,17?,18?,19?/m0/s1. The Hall–Kier alpha value is -0.730. The molecular weight excluding hydrogens is 354 g/mol. The van der Waals surface area contributed by atoms with Crippen LogP contribution in [0.2, 0.25) is 0 Å². The summed E-state index contributed by atoms with van der Waals surface area (Å²) in [5.41, 5.74) is 6.97. The summed E-state index contributed by atoms with van der Waals surface area (Å²) >= 11 is 2.03. The fraction of sp³-hybridized carbons (Fsp3) is 0.684. The number of nitrogens with one attached hydrogen (secondary N) is 3. The van der Waals surface area contributed by atoms with Crippen LogP contribution in [0.5, 0.6) is 0 Å². The van der Waals surface area contributed by atoms with Crippen LogP contribution < -0.4 is 16.2 Å². The van der Waals surface area contributed by atoms with Gasteiger partial charge in [0.05, 0.1) is 17.7 Å². The van der Waals surface area contributed by atoms with Crippen molar-refractivity contribution in [3.8, 4) is 0 Å². The van der Waals surface area contributed by atoms with Crippen LogP contribution in [-0.4, -0.2) is 33.9 Å². The predicted octanol–water partition coefficient (Wildman–Crippen LogP) is 2.94. The quantitative estimate of drug-likeness (QED) is 0.699. The fourth-order valence-electron chi connectivity index (χ4n) is 5.65. The molecule has 1 aromatic carbocycles. The maximum absolute atomic E-state index is 14.7. The molecule has 8 atom stereocenters. The van der Waals surface area contributed by atoms with Gasteiger partial charge in [-0.1, -0.05) is 12.5 Å². The molecule has 1 aliphatic carbocycles. The molecule has 142 valence electrons.